The highest BCUT2D eigenvalue weighted by molar-refractivity contribution is 5.96. The minimum absolute atomic E-state index is 0.347. The molecular weight excluding hydrogens is 248 g/mol. The molecule has 0 aromatic carbocycles. The SMILES string of the molecule is Cc1cc2ncc(C(=O)N(C)CC(=O)O)c(C)n2n1. The second-order valence-corrected chi connectivity index (χ2v) is 4.37. The number of rotatable bonds is 3. The molecule has 0 unspecified atom stereocenters. The number of aryl methyl sites for hydroxylation is 2. The molecule has 0 bridgehead atoms. The van der Waals surface area contributed by atoms with Crippen molar-refractivity contribution in [1.82, 2.24) is 19.5 Å². The molecule has 100 valence electrons. The van der Waals surface area contributed by atoms with Crippen molar-refractivity contribution in [2.24, 2.45) is 0 Å². The largest absolute Gasteiger partial charge is 0.480 e. The Bertz CT molecular complexity index is 662. The maximum Gasteiger partial charge on any atom is 0.323 e. The van der Waals surface area contributed by atoms with Crippen LogP contribution in [0.1, 0.15) is 21.7 Å². The zero-order valence-electron chi connectivity index (χ0n) is 10.9. The van der Waals surface area contributed by atoms with Gasteiger partial charge in [-0.1, -0.05) is 0 Å². The fraction of sp³-hybridized carbons (Fsp3) is 0.333. The average Bonchev–Trinajstić information content (AvgIpc) is 2.69. The van der Waals surface area contributed by atoms with Gasteiger partial charge in [0.2, 0.25) is 0 Å². The Morgan fingerprint density at radius 1 is 1.42 bits per heavy atom. The smallest absolute Gasteiger partial charge is 0.323 e. The van der Waals surface area contributed by atoms with Crippen LogP contribution in [-0.2, 0) is 4.79 Å². The number of hydrogen-bond acceptors (Lipinski definition) is 4. The van der Waals surface area contributed by atoms with Crippen molar-refractivity contribution in [2.45, 2.75) is 13.8 Å². The lowest BCUT2D eigenvalue weighted by atomic mass is 10.2. The number of carbonyl (C=O) groups excluding carboxylic acids is 1. The van der Waals surface area contributed by atoms with E-state index in [4.69, 9.17) is 5.11 Å². The fourth-order valence-corrected chi connectivity index (χ4v) is 1.85. The predicted molar refractivity (Wildman–Crippen MR) is 67.1 cm³/mol. The maximum absolute atomic E-state index is 12.1. The molecule has 19 heavy (non-hydrogen) atoms. The van der Waals surface area contributed by atoms with Crippen molar-refractivity contribution in [2.75, 3.05) is 13.6 Å². The molecule has 0 spiro atoms. The molecule has 0 atom stereocenters. The van der Waals surface area contributed by atoms with E-state index < -0.39 is 5.97 Å². The Labute approximate surface area is 109 Å². The summed E-state index contributed by atoms with van der Waals surface area (Å²) in [6, 6.07) is 1.81. The van der Waals surface area contributed by atoms with E-state index in [-0.39, 0.29) is 12.5 Å². The number of aliphatic carboxylic acids is 1. The van der Waals surface area contributed by atoms with Gasteiger partial charge in [-0.3, -0.25) is 9.59 Å². The summed E-state index contributed by atoms with van der Waals surface area (Å²) in [5.74, 6) is -1.44. The lowest BCUT2D eigenvalue weighted by Gasteiger charge is -2.15. The third-order valence-corrected chi connectivity index (χ3v) is 2.80. The van der Waals surface area contributed by atoms with Gasteiger partial charge >= 0.3 is 5.97 Å². The highest BCUT2D eigenvalue weighted by Gasteiger charge is 2.19. The van der Waals surface area contributed by atoms with Crippen LogP contribution in [0.2, 0.25) is 0 Å². The van der Waals surface area contributed by atoms with E-state index in [1.165, 1.54) is 13.2 Å². The van der Waals surface area contributed by atoms with E-state index in [9.17, 15) is 9.59 Å². The Balaban J connectivity index is 2.42. The van der Waals surface area contributed by atoms with Crippen LogP contribution in [0.5, 0.6) is 0 Å². The van der Waals surface area contributed by atoms with Crippen LogP contribution in [0.3, 0.4) is 0 Å². The van der Waals surface area contributed by atoms with Gasteiger partial charge in [0, 0.05) is 19.3 Å². The molecule has 0 fully saturated rings. The Kier molecular flexibility index (Phi) is 3.20. The van der Waals surface area contributed by atoms with Crippen molar-refractivity contribution in [1.29, 1.82) is 0 Å². The third-order valence-electron chi connectivity index (χ3n) is 2.80. The van der Waals surface area contributed by atoms with Gasteiger partial charge in [0.1, 0.15) is 6.54 Å². The number of carboxylic acids is 1. The average molecular weight is 262 g/mol. The van der Waals surface area contributed by atoms with Crippen LogP contribution >= 0.6 is 0 Å². The Morgan fingerprint density at radius 2 is 2.11 bits per heavy atom. The van der Waals surface area contributed by atoms with Crippen LogP contribution in [0, 0.1) is 13.8 Å². The zero-order chi connectivity index (χ0) is 14.2. The third kappa shape index (κ3) is 2.40. The summed E-state index contributed by atoms with van der Waals surface area (Å²) >= 11 is 0. The first-order chi connectivity index (χ1) is 8.90. The summed E-state index contributed by atoms with van der Waals surface area (Å²) in [5.41, 5.74) is 2.45. The van der Waals surface area contributed by atoms with Crippen molar-refractivity contribution in [3.63, 3.8) is 0 Å². The lowest BCUT2D eigenvalue weighted by molar-refractivity contribution is -0.137. The number of likely N-dealkylation sites (N-methyl/N-ethyl adjacent to an activating group) is 1. The molecule has 0 radical (unpaired) electrons. The minimum Gasteiger partial charge on any atom is -0.480 e. The van der Waals surface area contributed by atoms with Gasteiger partial charge in [0.25, 0.3) is 5.91 Å². The zero-order valence-corrected chi connectivity index (χ0v) is 10.9. The predicted octanol–water partition coefficient (Wildman–Crippen LogP) is 0.503. The van der Waals surface area contributed by atoms with Crippen molar-refractivity contribution in [3.8, 4) is 0 Å². The number of hydrogen-bond donors (Lipinski definition) is 1. The van der Waals surface area contributed by atoms with Crippen molar-refractivity contribution < 1.29 is 14.7 Å². The number of carboxylic acid groups (broad SMARTS) is 1. The molecule has 7 heteroatoms. The van der Waals surface area contributed by atoms with Crippen LogP contribution in [0.15, 0.2) is 12.3 Å². The van der Waals surface area contributed by atoms with E-state index >= 15 is 0 Å². The number of amides is 1. The second-order valence-electron chi connectivity index (χ2n) is 4.37. The molecule has 0 aliphatic carbocycles. The monoisotopic (exact) mass is 262 g/mol. The van der Waals surface area contributed by atoms with E-state index in [1.807, 2.05) is 13.0 Å². The molecule has 0 saturated heterocycles. The van der Waals surface area contributed by atoms with Gasteiger partial charge in [0.05, 0.1) is 17.0 Å². The first-order valence-electron chi connectivity index (χ1n) is 5.69. The molecule has 2 heterocycles. The fourth-order valence-electron chi connectivity index (χ4n) is 1.85. The molecule has 2 rings (SSSR count). The first kappa shape index (κ1) is 13.0. The summed E-state index contributed by atoms with van der Waals surface area (Å²) in [7, 11) is 1.44. The topological polar surface area (TPSA) is 87.8 Å². The molecule has 0 saturated carbocycles. The first-order valence-corrected chi connectivity index (χ1v) is 5.69. The minimum atomic E-state index is -1.06. The van der Waals surface area contributed by atoms with Crippen molar-refractivity contribution in [3.05, 3.63) is 29.2 Å². The standard InChI is InChI=1S/C12H14N4O3/c1-7-4-10-13-5-9(8(2)16(10)14-7)12(19)15(3)6-11(17)18/h4-5H,6H2,1-3H3,(H,17,18). The van der Waals surface area contributed by atoms with Crippen LogP contribution < -0.4 is 0 Å². The van der Waals surface area contributed by atoms with E-state index in [1.54, 1.807) is 11.4 Å². The van der Waals surface area contributed by atoms with Gasteiger partial charge in [-0.05, 0) is 13.8 Å². The van der Waals surface area contributed by atoms with Crippen LogP contribution in [0.4, 0.5) is 0 Å². The van der Waals surface area contributed by atoms with E-state index in [2.05, 4.69) is 10.1 Å². The molecule has 2 aromatic rings. The molecule has 1 amide bonds. The molecular formula is C12H14N4O3. The quantitative estimate of drug-likeness (QED) is 0.870. The number of fused-ring (bicyclic) bond motifs is 1. The molecule has 0 aliphatic heterocycles. The molecule has 2 aromatic heterocycles. The Hall–Kier alpha value is -2.44. The summed E-state index contributed by atoms with van der Waals surface area (Å²) in [6.07, 6.45) is 1.45. The van der Waals surface area contributed by atoms with Gasteiger partial charge < -0.3 is 10.0 Å². The van der Waals surface area contributed by atoms with Crippen LogP contribution in [0.25, 0.3) is 5.65 Å². The van der Waals surface area contributed by atoms with E-state index in [0.717, 1.165) is 10.6 Å². The lowest BCUT2D eigenvalue weighted by Crippen LogP contribution is -2.32. The van der Waals surface area contributed by atoms with Gasteiger partial charge in [-0.25, -0.2) is 9.50 Å². The second kappa shape index (κ2) is 4.68. The summed E-state index contributed by atoms with van der Waals surface area (Å²) in [5, 5.41) is 12.9. The molecule has 0 aliphatic rings. The number of nitrogens with zero attached hydrogens (tertiary/aromatic N) is 4. The normalized spacial score (nSPS) is 10.7. The number of carbonyl (C=O) groups is 2. The van der Waals surface area contributed by atoms with Crippen molar-refractivity contribution >= 4 is 17.5 Å². The highest BCUT2D eigenvalue weighted by Crippen LogP contribution is 2.12. The highest BCUT2D eigenvalue weighted by atomic mass is 16.4. The summed E-state index contributed by atoms with van der Waals surface area (Å²) in [6.45, 7) is 3.24. The summed E-state index contributed by atoms with van der Waals surface area (Å²) in [4.78, 5) is 28.0. The maximum atomic E-state index is 12.1. The molecule has 7 nitrogen and oxygen atoms in total. The summed E-state index contributed by atoms with van der Waals surface area (Å²) < 4.78 is 1.58. The molecule has 1 N–H and O–H groups in total. The van der Waals surface area contributed by atoms with Gasteiger partial charge in [0.15, 0.2) is 5.65 Å². The van der Waals surface area contributed by atoms with Crippen LogP contribution in [-0.4, -0.2) is 50.1 Å². The Morgan fingerprint density at radius 3 is 2.74 bits per heavy atom. The number of aromatic nitrogens is 3. The van der Waals surface area contributed by atoms with E-state index in [0.29, 0.717) is 16.9 Å². The van der Waals surface area contributed by atoms with Gasteiger partial charge in [-0.15, -0.1) is 0 Å². The van der Waals surface area contributed by atoms with Gasteiger partial charge in [-0.2, -0.15) is 5.10 Å².